The fraction of sp³-hybridized carbons (Fsp3) is 0.154. The topological polar surface area (TPSA) is 64.2 Å². The maximum Gasteiger partial charge on any atom is 0.248 e. The highest BCUT2D eigenvalue weighted by atomic mass is 16.1. The van der Waals surface area contributed by atoms with Gasteiger partial charge in [-0.2, -0.15) is 0 Å². The molecule has 31 heavy (non-hydrogen) atoms. The molecule has 1 aliphatic rings. The van der Waals surface area contributed by atoms with Crippen LogP contribution in [0.25, 0.3) is 16.6 Å². The normalized spacial score (nSPS) is 13.9. The first kappa shape index (κ1) is 19.1. The van der Waals surface area contributed by atoms with Crippen LogP contribution in [0.3, 0.4) is 0 Å². The second kappa shape index (κ2) is 8.11. The van der Waals surface area contributed by atoms with Crippen molar-refractivity contribution in [2.75, 3.05) is 18.0 Å². The van der Waals surface area contributed by atoms with Gasteiger partial charge in [0.05, 0.1) is 11.9 Å². The van der Waals surface area contributed by atoms with Crippen LogP contribution in [-0.4, -0.2) is 28.5 Å². The number of carbonyl (C=O) groups is 1. The molecule has 0 saturated heterocycles. The molecule has 0 radical (unpaired) electrons. The smallest absolute Gasteiger partial charge is 0.248 e. The van der Waals surface area contributed by atoms with Gasteiger partial charge in [-0.05, 0) is 47.4 Å². The van der Waals surface area contributed by atoms with Crippen molar-refractivity contribution in [1.29, 1.82) is 0 Å². The third kappa shape index (κ3) is 3.94. The van der Waals surface area contributed by atoms with E-state index in [1.165, 1.54) is 11.1 Å². The number of nitrogens with two attached hydrogens (primary N) is 1. The predicted molar refractivity (Wildman–Crippen MR) is 125 cm³/mol. The number of aromatic nitrogens is 2. The van der Waals surface area contributed by atoms with Crippen molar-refractivity contribution in [3.05, 3.63) is 102 Å². The van der Waals surface area contributed by atoms with Crippen LogP contribution in [0, 0.1) is 0 Å². The number of hydrogen-bond acceptors (Lipinski definition) is 3. The molecule has 2 N–H and O–H groups in total. The third-order valence-electron chi connectivity index (χ3n) is 5.90. The summed E-state index contributed by atoms with van der Waals surface area (Å²) in [5.41, 5.74) is 11.8. The number of hydrogen-bond donors (Lipinski definition) is 1. The van der Waals surface area contributed by atoms with Gasteiger partial charge in [0.1, 0.15) is 5.65 Å². The third-order valence-corrected chi connectivity index (χ3v) is 5.90. The lowest BCUT2D eigenvalue weighted by molar-refractivity contribution is 0.100. The average Bonchev–Trinajstić information content (AvgIpc) is 3.22. The molecule has 4 aromatic rings. The Labute approximate surface area is 181 Å². The molecular weight excluding hydrogens is 384 g/mol. The van der Waals surface area contributed by atoms with E-state index in [9.17, 15) is 4.79 Å². The van der Waals surface area contributed by atoms with Gasteiger partial charge in [0.15, 0.2) is 0 Å². The lowest BCUT2D eigenvalue weighted by Crippen LogP contribution is -2.28. The van der Waals surface area contributed by atoms with Crippen molar-refractivity contribution < 1.29 is 4.79 Å². The molecular formula is C26H24N4O. The van der Waals surface area contributed by atoms with E-state index in [0.29, 0.717) is 12.1 Å². The van der Waals surface area contributed by atoms with Crippen LogP contribution in [0.4, 0.5) is 5.69 Å². The Hall–Kier alpha value is -3.86. The number of carbonyl (C=O) groups excluding carboxylic acids is 1. The number of pyridine rings is 1. The summed E-state index contributed by atoms with van der Waals surface area (Å²) in [6.07, 6.45) is 7.39. The Morgan fingerprint density at radius 2 is 1.84 bits per heavy atom. The predicted octanol–water partition coefficient (Wildman–Crippen LogP) is 4.48. The minimum atomic E-state index is -0.407. The second-order valence-electron chi connectivity index (χ2n) is 7.90. The van der Waals surface area contributed by atoms with Crippen LogP contribution in [0.5, 0.6) is 0 Å². The van der Waals surface area contributed by atoms with Crippen molar-refractivity contribution in [2.24, 2.45) is 5.73 Å². The summed E-state index contributed by atoms with van der Waals surface area (Å²) in [7, 11) is 0. The molecule has 5 rings (SSSR count). The van der Waals surface area contributed by atoms with E-state index in [2.05, 4.69) is 64.2 Å². The zero-order valence-electron chi connectivity index (χ0n) is 17.2. The number of rotatable bonds is 5. The SMILES string of the molecule is NC(=O)c1ccc(Cn2ccc3cc(N4CC=C(c5ccccc5)CC4)cnc32)cc1. The molecule has 0 atom stereocenters. The Morgan fingerprint density at radius 3 is 2.55 bits per heavy atom. The fourth-order valence-electron chi connectivity index (χ4n) is 4.16. The molecule has 154 valence electrons. The molecule has 0 aliphatic carbocycles. The van der Waals surface area contributed by atoms with Crippen molar-refractivity contribution in [3.8, 4) is 0 Å². The zero-order chi connectivity index (χ0) is 21.2. The van der Waals surface area contributed by atoms with Gasteiger partial charge in [-0.25, -0.2) is 4.98 Å². The Morgan fingerprint density at radius 1 is 1.03 bits per heavy atom. The lowest BCUT2D eigenvalue weighted by atomic mass is 9.99. The van der Waals surface area contributed by atoms with E-state index < -0.39 is 5.91 Å². The quantitative estimate of drug-likeness (QED) is 0.530. The molecule has 5 nitrogen and oxygen atoms in total. The van der Waals surface area contributed by atoms with E-state index in [1.807, 2.05) is 18.3 Å². The van der Waals surface area contributed by atoms with Crippen LogP contribution in [0.2, 0.25) is 0 Å². The van der Waals surface area contributed by atoms with Gasteiger partial charge in [-0.15, -0.1) is 0 Å². The number of fused-ring (bicyclic) bond motifs is 1. The largest absolute Gasteiger partial charge is 0.366 e. The van der Waals surface area contributed by atoms with Crippen molar-refractivity contribution in [2.45, 2.75) is 13.0 Å². The van der Waals surface area contributed by atoms with Gasteiger partial charge >= 0.3 is 0 Å². The second-order valence-corrected chi connectivity index (χ2v) is 7.90. The maximum absolute atomic E-state index is 11.3. The van der Waals surface area contributed by atoms with Crippen LogP contribution in [0.15, 0.2) is 85.2 Å². The number of nitrogens with zero attached hydrogens (tertiary/aromatic N) is 3. The first-order chi connectivity index (χ1) is 15.2. The first-order valence-corrected chi connectivity index (χ1v) is 10.5. The zero-order valence-corrected chi connectivity index (χ0v) is 17.2. The van der Waals surface area contributed by atoms with Crippen molar-refractivity contribution >= 4 is 28.2 Å². The number of amides is 1. The molecule has 0 bridgehead atoms. The highest BCUT2D eigenvalue weighted by Crippen LogP contribution is 2.27. The molecule has 5 heteroatoms. The van der Waals surface area contributed by atoms with Gasteiger partial charge in [0, 0.05) is 36.8 Å². The summed E-state index contributed by atoms with van der Waals surface area (Å²) in [6, 6.07) is 22.3. The van der Waals surface area contributed by atoms with Gasteiger partial charge < -0.3 is 15.2 Å². The fourth-order valence-corrected chi connectivity index (χ4v) is 4.16. The molecule has 0 fully saturated rings. The molecule has 0 unspecified atom stereocenters. The maximum atomic E-state index is 11.3. The summed E-state index contributed by atoms with van der Waals surface area (Å²) in [5, 5.41) is 1.13. The van der Waals surface area contributed by atoms with Crippen molar-refractivity contribution in [1.82, 2.24) is 9.55 Å². The molecule has 0 spiro atoms. The summed E-state index contributed by atoms with van der Waals surface area (Å²) in [6.45, 7) is 2.58. The van der Waals surface area contributed by atoms with E-state index in [0.717, 1.165) is 41.8 Å². The summed E-state index contributed by atoms with van der Waals surface area (Å²) in [5.74, 6) is -0.407. The molecule has 1 amide bonds. The minimum Gasteiger partial charge on any atom is -0.366 e. The van der Waals surface area contributed by atoms with Crippen LogP contribution in [0.1, 0.15) is 27.9 Å². The summed E-state index contributed by atoms with van der Waals surface area (Å²) in [4.78, 5) is 18.4. The molecule has 2 aromatic heterocycles. The van der Waals surface area contributed by atoms with Gasteiger partial charge in [-0.3, -0.25) is 4.79 Å². The minimum absolute atomic E-state index is 0.407. The van der Waals surface area contributed by atoms with E-state index in [4.69, 9.17) is 10.7 Å². The van der Waals surface area contributed by atoms with Crippen LogP contribution < -0.4 is 10.6 Å². The highest BCUT2D eigenvalue weighted by molar-refractivity contribution is 5.92. The standard InChI is InChI=1S/C26H24N4O/c27-25(31)22-8-6-19(7-9-22)18-30-15-12-23-16-24(17-28-26(23)30)29-13-10-21(11-14-29)20-4-2-1-3-5-20/h1-10,12,15-17H,11,13-14,18H2,(H2,27,31). The Bertz CT molecular complexity index is 1260. The van der Waals surface area contributed by atoms with Gasteiger partial charge in [-0.1, -0.05) is 48.5 Å². The Balaban J connectivity index is 1.33. The summed E-state index contributed by atoms with van der Waals surface area (Å²) >= 11 is 0. The highest BCUT2D eigenvalue weighted by Gasteiger charge is 2.15. The molecule has 2 aromatic carbocycles. The number of anilines is 1. The molecule has 1 aliphatic heterocycles. The van der Waals surface area contributed by atoms with Crippen LogP contribution >= 0.6 is 0 Å². The lowest BCUT2D eigenvalue weighted by Gasteiger charge is -2.28. The molecule has 3 heterocycles. The summed E-state index contributed by atoms with van der Waals surface area (Å²) < 4.78 is 2.13. The van der Waals surface area contributed by atoms with Gasteiger partial charge in [0.2, 0.25) is 5.91 Å². The Kier molecular flexibility index (Phi) is 5.00. The van der Waals surface area contributed by atoms with E-state index in [-0.39, 0.29) is 0 Å². The van der Waals surface area contributed by atoms with E-state index >= 15 is 0 Å². The number of primary amides is 1. The van der Waals surface area contributed by atoms with Crippen LogP contribution in [-0.2, 0) is 6.54 Å². The first-order valence-electron chi connectivity index (χ1n) is 10.5. The monoisotopic (exact) mass is 408 g/mol. The van der Waals surface area contributed by atoms with Crippen molar-refractivity contribution in [3.63, 3.8) is 0 Å². The van der Waals surface area contributed by atoms with Gasteiger partial charge in [0.25, 0.3) is 0 Å². The number of benzene rings is 2. The van der Waals surface area contributed by atoms with E-state index in [1.54, 1.807) is 12.1 Å². The molecule has 0 saturated carbocycles. The average molecular weight is 409 g/mol.